The smallest absolute Gasteiger partial charge is 0.410 e. The summed E-state index contributed by atoms with van der Waals surface area (Å²) in [5.41, 5.74) is 8.86. The lowest BCUT2D eigenvalue weighted by atomic mass is 9.89. The van der Waals surface area contributed by atoms with E-state index in [0.717, 1.165) is 38.0 Å². The highest BCUT2D eigenvalue weighted by Gasteiger charge is 2.28. The summed E-state index contributed by atoms with van der Waals surface area (Å²) in [6, 6.07) is 6.27. The van der Waals surface area contributed by atoms with Gasteiger partial charge in [-0.1, -0.05) is 19.1 Å². The van der Waals surface area contributed by atoms with Gasteiger partial charge in [-0.05, 0) is 57.2 Å². The van der Waals surface area contributed by atoms with Crippen molar-refractivity contribution >= 4 is 11.8 Å². The van der Waals surface area contributed by atoms with Crippen LogP contribution in [0.4, 0.5) is 10.5 Å². The summed E-state index contributed by atoms with van der Waals surface area (Å²) in [5, 5.41) is 0. The molecule has 0 bridgehead atoms. The second-order valence-corrected chi connectivity index (χ2v) is 7.08. The first-order valence-corrected chi connectivity index (χ1v) is 8.16. The number of carbonyl (C=O) groups is 1. The quantitative estimate of drug-likeness (QED) is 0.842. The summed E-state index contributed by atoms with van der Waals surface area (Å²) in [5.74, 6) is 0.368. The van der Waals surface area contributed by atoms with E-state index in [1.807, 2.05) is 31.7 Å². The molecule has 1 atom stereocenters. The minimum Gasteiger partial charge on any atom is -0.444 e. The summed E-state index contributed by atoms with van der Waals surface area (Å²) >= 11 is 0. The van der Waals surface area contributed by atoms with Gasteiger partial charge in [0.1, 0.15) is 5.60 Å². The fraction of sp³-hybridized carbons (Fsp3) is 0.611. The van der Waals surface area contributed by atoms with Crippen LogP contribution in [0.25, 0.3) is 0 Å². The molecule has 2 rings (SSSR count). The van der Waals surface area contributed by atoms with Gasteiger partial charge >= 0.3 is 6.09 Å². The van der Waals surface area contributed by atoms with Crippen molar-refractivity contribution in [2.24, 2.45) is 0 Å². The van der Waals surface area contributed by atoms with E-state index in [1.165, 1.54) is 11.1 Å². The summed E-state index contributed by atoms with van der Waals surface area (Å²) in [4.78, 5) is 14.1. The van der Waals surface area contributed by atoms with E-state index < -0.39 is 5.60 Å². The van der Waals surface area contributed by atoms with E-state index in [2.05, 4.69) is 19.1 Å². The van der Waals surface area contributed by atoms with Crippen LogP contribution in [0, 0.1) is 0 Å². The molecular formula is C18H28N2O2. The minimum atomic E-state index is -0.444. The van der Waals surface area contributed by atoms with E-state index in [4.69, 9.17) is 10.5 Å². The predicted molar refractivity (Wildman–Crippen MR) is 90.0 cm³/mol. The normalized spacial score (nSPS) is 19.1. The van der Waals surface area contributed by atoms with Gasteiger partial charge < -0.3 is 15.4 Å². The summed E-state index contributed by atoms with van der Waals surface area (Å²) in [6.45, 7) is 9.33. The van der Waals surface area contributed by atoms with Crippen LogP contribution in [-0.2, 0) is 11.2 Å². The van der Waals surface area contributed by atoms with Crippen LogP contribution >= 0.6 is 0 Å². The van der Waals surface area contributed by atoms with Gasteiger partial charge in [-0.15, -0.1) is 0 Å². The molecule has 0 saturated carbocycles. The molecule has 0 radical (unpaired) electrons. The Morgan fingerprint density at radius 1 is 1.41 bits per heavy atom. The Morgan fingerprint density at radius 2 is 2.14 bits per heavy atom. The van der Waals surface area contributed by atoms with Crippen LogP contribution < -0.4 is 5.73 Å². The zero-order valence-electron chi connectivity index (χ0n) is 14.2. The Hall–Kier alpha value is -1.71. The van der Waals surface area contributed by atoms with Gasteiger partial charge in [0, 0.05) is 24.7 Å². The topological polar surface area (TPSA) is 55.6 Å². The average molecular weight is 304 g/mol. The molecule has 1 amide bonds. The first-order valence-electron chi connectivity index (χ1n) is 8.16. The Bertz CT molecular complexity index is 534. The number of hydrogen-bond donors (Lipinski definition) is 1. The van der Waals surface area contributed by atoms with E-state index in [-0.39, 0.29) is 6.09 Å². The van der Waals surface area contributed by atoms with Crippen LogP contribution in [0.3, 0.4) is 0 Å². The molecule has 4 nitrogen and oxygen atoms in total. The monoisotopic (exact) mass is 304 g/mol. The van der Waals surface area contributed by atoms with E-state index in [9.17, 15) is 4.79 Å². The Labute approximate surface area is 133 Å². The van der Waals surface area contributed by atoms with Gasteiger partial charge in [0.05, 0.1) is 0 Å². The third-order valence-corrected chi connectivity index (χ3v) is 4.09. The maximum atomic E-state index is 12.3. The number of anilines is 1. The molecule has 22 heavy (non-hydrogen) atoms. The summed E-state index contributed by atoms with van der Waals surface area (Å²) < 4.78 is 5.49. The van der Waals surface area contributed by atoms with Crippen LogP contribution in [-0.4, -0.2) is 29.7 Å². The Kier molecular flexibility index (Phi) is 4.99. The van der Waals surface area contributed by atoms with Crippen molar-refractivity contribution in [3.8, 4) is 0 Å². The third kappa shape index (κ3) is 4.15. The van der Waals surface area contributed by atoms with Crippen LogP contribution in [0.2, 0.25) is 0 Å². The fourth-order valence-electron chi connectivity index (χ4n) is 2.93. The molecule has 122 valence electrons. The molecule has 0 unspecified atom stereocenters. The maximum Gasteiger partial charge on any atom is 0.410 e. The lowest BCUT2D eigenvalue weighted by Crippen LogP contribution is -2.42. The number of rotatable bonds is 2. The van der Waals surface area contributed by atoms with Crippen molar-refractivity contribution in [1.82, 2.24) is 4.90 Å². The molecule has 1 saturated heterocycles. The number of nitrogens with two attached hydrogens (primary N) is 1. The molecule has 1 fully saturated rings. The number of benzene rings is 1. The van der Waals surface area contributed by atoms with Gasteiger partial charge in [-0.3, -0.25) is 0 Å². The molecule has 1 heterocycles. The van der Waals surface area contributed by atoms with Crippen molar-refractivity contribution in [3.63, 3.8) is 0 Å². The first-order chi connectivity index (χ1) is 10.3. The number of nitrogen functional groups attached to an aromatic ring is 1. The number of likely N-dealkylation sites (tertiary alicyclic amines) is 1. The molecular weight excluding hydrogens is 276 g/mol. The zero-order valence-corrected chi connectivity index (χ0v) is 14.2. The number of carbonyl (C=O) groups excluding carboxylic acids is 1. The molecule has 1 aromatic carbocycles. The lowest BCUT2D eigenvalue weighted by molar-refractivity contribution is 0.0198. The number of aryl methyl sites for hydroxylation is 1. The molecule has 1 aromatic rings. The molecule has 0 spiro atoms. The number of ether oxygens (including phenoxy) is 1. The highest BCUT2D eigenvalue weighted by atomic mass is 16.6. The second kappa shape index (κ2) is 6.59. The number of nitrogens with zero attached hydrogens (tertiary/aromatic N) is 1. The number of amides is 1. The van der Waals surface area contributed by atoms with Crippen LogP contribution in [0.1, 0.15) is 57.6 Å². The third-order valence-electron chi connectivity index (χ3n) is 4.09. The molecule has 2 N–H and O–H groups in total. The second-order valence-electron chi connectivity index (χ2n) is 7.08. The molecule has 1 aliphatic rings. The first kappa shape index (κ1) is 16.7. The van der Waals surface area contributed by atoms with Crippen LogP contribution in [0.5, 0.6) is 0 Å². The van der Waals surface area contributed by atoms with Gasteiger partial charge in [0.15, 0.2) is 0 Å². The fourth-order valence-corrected chi connectivity index (χ4v) is 2.93. The van der Waals surface area contributed by atoms with E-state index in [1.54, 1.807) is 0 Å². The highest BCUT2D eigenvalue weighted by Crippen LogP contribution is 2.29. The lowest BCUT2D eigenvalue weighted by Gasteiger charge is -2.34. The van der Waals surface area contributed by atoms with Crippen molar-refractivity contribution in [3.05, 3.63) is 29.3 Å². The number of piperidine rings is 1. The van der Waals surface area contributed by atoms with E-state index >= 15 is 0 Å². The van der Waals surface area contributed by atoms with Crippen molar-refractivity contribution in [2.75, 3.05) is 18.8 Å². The molecule has 4 heteroatoms. The van der Waals surface area contributed by atoms with Crippen LogP contribution in [0.15, 0.2) is 18.2 Å². The van der Waals surface area contributed by atoms with E-state index in [0.29, 0.717) is 5.92 Å². The molecule has 0 aromatic heterocycles. The largest absolute Gasteiger partial charge is 0.444 e. The Balaban J connectivity index is 2.09. The maximum absolute atomic E-state index is 12.3. The van der Waals surface area contributed by atoms with Gasteiger partial charge in [-0.2, -0.15) is 0 Å². The van der Waals surface area contributed by atoms with Crippen molar-refractivity contribution < 1.29 is 9.53 Å². The average Bonchev–Trinajstić information content (AvgIpc) is 2.46. The molecule has 1 aliphatic heterocycles. The molecule has 0 aliphatic carbocycles. The van der Waals surface area contributed by atoms with Crippen molar-refractivity contribution in [1.29, 1.82) is 0 Å². The standard InChI is InChI=1S/C18H28N2O2/c1-5-13-11-14(8-9-16(13)19)15-7-6-10-20(12-15)17(21)22-18(2,3)4/h8-9,11,15H,5-7,10,12,19H2,1-4H3/t15-/m1/s1. The van der Waals surface area contributed by atoms with Gasteiger partial charge in [0.2, 0.25) is 0 Å². The van der Waals surface area contributed by atoms with Gasteiger partial charge in [0.25, 0.3) is 0 Å². The Morgan fingerprint density at radius 3 is 2.77 bits per heavy atom. The highest BCUT2D eigenvalue weighted by molar-refractivity contribution is 5.68. The zero-order chi connectivity index (χ0) is 16.3. The predicted octanol–water partition coefficient (Wildman–Crippen LogP) is 3.95. The summed E-state index contributed by atoms with van der Waals surface area (Å²) in [7, 11) is 0. The SMILES string of the molecule is CCc1cc([C@@H]2CCCN(C(=O)OC(C)(C)C)C2)ccc1N. The van der Waals surface area contributed by atoms with Crippen molar-refractivity contribution in [2.45, 2.75) is 58.5 Å². The summed E-state index contributed by atoms with van der Waals surface area (Å²) in [6.07, 6.45) is 2.84. The minimum absolute atomic E-state index is 0.205. The number of hydrogen-bond acceptors (Lipinski definition) is 3. The van der Waals surface area contributed by atoms with Gasteiger partial charge in [-0.25, -0.2) is 4.79 Å².